The van der Waals surface area contributed by atoms with Gasteiger partial charge < -0.3 is 15.0 Å². The highest BCUT2D eigenvalue weighted by Crippen LogP contribution is 2.33. The summed E-state index contributed by atoms with van der Waals surface area (Å²) in [7, 11) is -4.19. The number of benzene rings is 3. The number of nitrogens with one attached hydrogen (secondary N) is 1. The highest BCUT2D eigenvalue weighted by atomic mass is 32.2. The van der Waals surface area contributed by atoms with Gasteiger partial charge in [-0.25, -0.2) is 8.42 Å². The normalized spacial score (nSPS) is 11.9. The second-order valence-corrected chi connectivity index (χ2v) is 11.8. The molecule has 3 rings (SSSR count). The van der Waals surface area contributed by atoms with Crippen LogP contribution in [0.5, 0.6) is 5.75 Å². The summed E-state index contributed by atoms with van der Waals surface area (Å²) in [5.74, 6) is -0.480. The average molecular weight is 584 g/mol. The number of thioether (sulfide) groups is 1. The molecule has 0 spiro atoms. The summed E-state index contributed by atoms with van der Waals surface area (Å²) < 4.78 is 35.0. The van der Waals surface area contributed by atoms with Gasteiger partial charge in [0.25, 0.3) is 10.0 Å². The van der Waals surface area contributed by atoms with Crippen molar-refractivity contribution in [2.75, 3.05) is 30.3 Å². The van der Waals surface area contributed by atoms with Crippen molar-refractivity contribution in [1.82, 2.24) is 10.2 Å². The number of anilines is 1. The lowest BCUT2D eigenvalue weighted by Crippen LogP contribution is -2.51. The van der Waals surface area contributed by atoms with E-state index in [-0.39, 0.29) is 23.0 Å². The lowest BCUT2D eigenvalue weighted by Gasteiger charge is -2.32. The number of nitrogens with zero attached hydrogens (tertiary/aromatic N) is 2. The molecule has 2 amide bonds. The number of hydrogen-bond donors (Lipinski definition) is 1. The van der Waals surface area contributed by atoms with Crippen molar-refractivity contribution < 1.29 is 22.7 Å². The molecule has 8 nitrogen and oxygen atoms in total. The number of ether oxygens (including phenoxy) is 1. The Morgan fingerprint density at radius 3 is 2.23 bits per heavy atom. The fraction of sp³-hybridized carbons (Fsp3) is 0.333. The minimum absolute atomic E-state index is 0.0488. The van der Waals surface area contributed by atoms with Crippen LogP contribution in [-0.2, 0) is 26.2 Å². The first-order chi connectivity index (χ1) is 19.2. The van der Waals surface area contributed by atoms with E-state index in [4.69, 9.17) is 4.74 Å². The van der Waals surface area contributed by atoms with Crippen LogP contribution >= 0.6 is 11.8 Å². The predicted octanol–water partition coefficient (Wildman–Crippen LogP) is 4.95. The summed E-state index contributed by atoms with van der Waals surface area (Å²) in [5.41, 5.74) is 1.07. The van der Waals surface area contributed by atoms with Gasteiger partial charge in [-0.3, -0.25) is 13.9 Å². The summed E-state index contributed by atoms with van der Waals surface area (Å²) in [6, 6.07) is 21.7. The van der Waals surface area contributed by atoms with Crippen molar-refractivity contribution >= 4 is 39.3 Å². The zero-order chi connectivity index (χ0) is 29.1. The van der Waals surface area contributed by atoms with Gasteiger partial charge in [0.15, 0.2) is 0 Å². The molecule has 0 aliphatic carbocycles. The lowest BCUT2D eigenvalue weighted by molar-refractivity contribution is -0.139. The molecule has 0 bridgehead atoms. The van der Waals surface area contributed by atoms with E-state index in [1.807, 2.05) is 43.5 Å². The number of para-hydroxylation sites is 2. The fourth-order valence-electron chi connectivity index (χ4n) is 4.09. The van der Waals surface area contributed by atoms with E-state index in [1.165, 1.54) is 28.8 Å². The Labute approximate surface area is 241 Å². The van der Waals surface area contributed by atoms with Crippen molar-refractivity contribution in [3.63, 3.8) is 0 Å². The zero-order valence-electron chi connectivity index (χ0n) is 23.4. The van der Waals surface area contributed by atoms with Crippen LogP contribution in [0.1, 0.15) is 32.8 Å². The van der Waals surface area contributed by atoms with Gasteiger partial charge in [-0.15, -0.1) is 11.8 Å². The van der Waals surface area contributed by atoms with Gasteiger partial charge in [-0.05, 0) is 68.5 Å². The number of sulfonamides is 1. The SMILES string of the molecule is CCCNC(=O)[C@@H](C)N(Cc1ccccc1)C(=O)CN(c1ccccc1OCC)S(=O)(=O)c1ccc(SC)cc1. The molecule has 3 aromatic carbocycles. The van der Waals surface area contributed by atoms with Crippen LogP contribution in [0.25, 0.3) is 0 Å². The van der Waals surface area contributed by atoms with Gasteiger partial charge in [-0.1, -0.05) is 49.4 Å². The fourth-order valence-corrected chi connectivity index (χ4v) is 5.92. The number of amides is 2. The molecule has 0 aromatic heterocycles. The van der Waals surface area contributed by atoms with Crippen LogP contribution in [-0.4, -0.2) is 57.1 Å². The Hall–Kier alpha value is -3.50. The summed E-state index contributed by atoms with van der Waals surface area (Å²) in [4.78, 5) is 29.3. The molecule has 0 unspecified atom stereocenters. The molecule has 0 radical (unpaired) electrons. The van der Waals surface area contributed by atoms with E-state index >= 15 is 0 Å². The minimum atomic E-state index is -4.19. The highest BCUT2D eigenvalue weighted by molar-refractivity contribution is 7.98. The summed E-state index contributed by atoms with van der Waals surface area (Å²) >= 11 is 1.50. The number of hydrogen-bond acceptors (Lipinski definition) is 6. The van der Waals surface area contributed by atoms with Gasteiger partial charge in [-0.2, -0.15) is 0 Å². The Balaban J connectivity index is 2.06. The third-order valence-electron chi connectivity index (χ3n) is 6.27. The largest absolute Gasteiger partial charge is 0.492 e. The van der Waals surface area contributed by atoms with E-state index in [0.29, 0.717) is 18.9 Å². The zero-order valence-corrected chi connectivity index (χ0v) is 25.0. The Morgan fingerprint density at radius 1 is 0.950 bits per heavy atom. The first kappa shape index (κ1) is 31.0. The number of carbonyl (C=O) groups excluding carboxylic acids is 2. The van der Waals surface area contributed by atoms with Gasteiger partial charge in [0.2, 0.25) is 11.8 Å². The summed E-state index contributed by atoms with van der Waals surface area (Å²) in [6.45, 7) is 5.82. The second kappa shape index (κ2) is 14.8. The number of rotatable bonds is 14. The van der Waals surface area contributed by atoms with E-state index in [0.717, 1.165) is 21.2 Å². The standard InChI is InChI=1S/C30H37N3O5S2/c1-5-20-31-30(35)23(3)32(21-24-12-8-7-9-13-24)29(34)22-33(27-14-10-11-15-28(27)38-6-2)40(36,37)26-18-16-25(39-4)17-19-26/h7-19,23H,5-6,20-22H2,1-4H3,(H,31,35)/t23-/m1/s1. The van der Waals surface area contributed by atoms with E-state index in [1.54, 1.807) is 50.2 Å². The van der Waals surface area contributed by atoms with Crippen LogP contribution in [0.2, 0.25) is 0 Å². The molecule has 3 aromatic rings. The van der Waals surface area contributed by atoms with Crippen LogP contribution in [0.15, 0.2) is 88.7 Å². The van der Waals surface area contributed by atoms with Gasteiger partial charge in [0.1, 0.15) is 18.3 Å². The molecule has 0 saturated heterocycles. The van der Waals surface area contributed by atoms with Gasteiger partial charge in [0, 0.05) is 18.0 Å². The maximum Gasteiger partial charge on any atom is 0.264 e. The Morgan fingerprint density at radius 2 is 1.60 bits per heavy atom. The first-order valence-corrected chi connectivity index (χ1v) is 15.9. The molecule has 1 atom stereocenters. The quantitative estimate of drug-likeness (QED) is 0.270. The maximum absolute atomic E-state index is 14.1. The monoisotopic (exact) mass is 583 g/mol. The topological polar surface area (TPSA) is 96.0 Å². The van der Waals surface area contributed by atoms with Crippen molar-refractivity contribution in [3.8, 4) is 5.75 Å². The van der Waals surface area contributed by atoms with E-state index in [9.17, 15) is 18.0 Å². The maximum atomic E-state index is 14.1. The summed E-state index contributed by atoms with van der Waals surface area (Å²) in [5, 5.41) is 2.84. The molecular weight excluding hydrogens is 546 g/mol. The molecule has 0 fully saturated rings. The molecule has 10 heteroatoms. The van der Waals surface area contributed by atoms with Crippen LogP contribution in [0.3, 0.4) is 0 Å². The van der Waals surface area contributed by atoms with E-state index < -0.39 is 28.5 Å². The third-order valence-corrected chi connectivity index (χ3v) is 8.79. The lowest BCUT2D eigenvalue weighted by atomic mass is 10.1. The predicted molar refractivity (Wildman–Crippen MR) is 160 cm³/mol. The second-order valence-electron chi connectivity index (χ2n) is 9.06. The van der Waals surface area contributed by atoms with Crippen molar-refractivity contribution in [3.05, 3.63) is 84.4 Å². The highest BCUT2D eigenvalue weighted by Gasteiger charge is 2.33. The molecule has 214 valence electrons. The van der Waals surface area contributed by atoms with Crippen LogP contribution in [0, 0.1) is 0 Å². The van der Waals surface area contributed by atoms with E-state index in [2.05, 4.69) is 5.32 Å². The average Bonchev–Trinajstić information content (AvgIpc) is 2.98. The molecular formula is C30H37N3O5S2. The van der Waals surface area contributed by atoms with Gasteiger partial charge >= 0.3 is 0 Å². The molecule has 40 heavy (non-hydrogen) atoms. The van der Waals surface area contributed by atoms with Crippen molar-refractivity contribution in [1.29, 1.82) is 0 Å². The molecule has 0 heterocycles. The molecule has 0 saturated carbocycles. The van der Waals surface area contributed by atoms with Crippen molar-refractivity contribution in [2.24, 2.45) is 0 Å². The van der Waals surface area contributed by atoms with Crippen LogP contribution in [0.4, 0.5) is 5.69 Å². The minimum Gasteiger partial charge on any atom is -0.492 e. The van der Waals surface area contributed by atoms with Crippen LogP contribution < -0.4 is 14.4 Å². The Kier molecular flexibility index (Phi) is 11.5. The number of carbonyl (C=O) groups is 2. The summed E-state index contributed by atoms with van der Waals surface area (Å²) in [6.07, 6.45) is 2.66. The molecule has 0 aliphatic rings. The van der Waals surface area contributed by atoms with Gasteiger partial charge in [0.05, 0.1) is 17.2 Å². The molecule has 1 N–H and O–H groups in total. The first-order valence-electron chi connectivity index (χ1n) is 13.2. The van der Waals surface area contributed by atoms with Crippen molar-refractivity contribution in [2.45, 2.75) is 49.6 Å². The third kappa shape index (κ3) is 7.79. The Bertz CT molecular complexity index is 1370. The smallest absolute Gasteiger partial charge is 0.264 e. The molecule has 0 aliphatic heterocycles.